The lowest BCUT2D eigenvalue weighted by Crippen LogP contribution is -1.88. The first-order valence-corrected chi connectivity index (χ1v) is 7.82. The summed E-state index contributed by atoms with van der Waals surface area (Å²) < 4.78 is 18.7. The van der Waals surface area contributed by atoms with Crippen LogP contribution in [0.4, 0.5) is 4.39 Å². The van der Waals surface area contributed by atoms with Crippen LogP contribution < -0.4 is 0 Å². The molecule has 0 amide bonds. The van der Waals surface area contributed by atoms with Crippen molar-refractivity contribution in [2.45, 2.75) is 24.0 Å². The number of aromatic nitrogens is 2. The third kappa shape index (κ3) is 3.36. The maximum absolute atomic E-state index is 12.9. The molecule has 112 valence electrons. The molecule has 3 aromatic rings. The molecule has 3 rings (SSSR count). The van der Waals surface area contributed by atoms with Crippen LogP contribution in [-0.4, -0.2) is 10.2 Å². The molecule has 0 bridgehead atoms. The minimum atomic E-state index is -0.239. The second-order valence-electron chi connectivity index (χ2n) is 5.03. The summed E-state index contributed by atoms with van der Waals surface area (Å²) in [5.74, 6) is 0.836. The molecular formula is C17H15FN2OS. The molecule has 3 nitrogen and oxygen atoms in total. The zero-order chi connectivity index (χ0) is 15.5. The van der Waals surface area contributed by atoms with Crippen LogP contribution in [0.25, 0.3) is 11.5 Å². The summed E-state index contributed by atoms with van der Waals surface area (Å²) >= 11 is 1.55. The minimum Gasteiger partial charge on any atom is -0.419 e. The molecule has 1 atom stereocenters. The number of hydrogen-bond acceptors (Lipinski definition) is 4. The Morgan fingerprint density at radius 2 is 1.68 bits per heavy atom. The van der Waals surface area contributed by atoms with Crippen LogP contribution in [0.2, 0.25) is 0 Å². The summed E-state index contributed by atoms with van der Waals surface area (Å²) in [6, 6.07) is 14.3. The van der Waals surface area contributed by atoms with Crippen LogP contribution in [0.5, 0.6) is 0 Å². The van der Waals surface area contributed by atoms with E-state index in [1.807, 2.05) is 38.1 Å². The van der Waals surface area contributed by atoms with Crippen molar-refractivity contribution < 1.29 is 8.81 Å². The molecule has 0 N–H and O–H groups in total. The van der Waals surface area contributed by atoms with E-state index in [0.29, 0.717) is 11.8 Å². The topological polar surface area (TPSA) is 38.9 Å². The van der Waals surface area contributed by atoms with E-state index >= 15 is 0 Å². The average molecular weight is 314 g/mol. The quantitative estimate of drug-likeness (QED) is 0.633. The van der Waals surface area contributed by atoms with Gasteiger partial charge < -0.3 is 4.42 Å². The molecule has 0 aliphatic rings. The number of benzene rings is 2. The Kier molecular flexibility index (Phi) is 4.24. The first-order valence-electron chi connectivity index (χ1n) is 6.94. The molecule has 0 aliphatic heterocycles. The Morgan fingerprint density at radius 3 is 2.36 bits per heavy atom. The fourth-order valence-electron chi connectivity index (χ4n) is 1.98. The number of nitrogens with zero attached hydrogens (tertiary/aromatic N) is 2. The van der Waals surface area contributed by atoms with Crippen LogP contribution in [0.15, 0.2) is 57.8 Å². The van der Waals surface area contributed by atoms with Gasteiger partial charge >= 0.3 is 0 Å². The molecule has 0 saturated heterocycles. The van der Waals surface area contributed by atoms with Gasteiger partial charge in [-0.05, 0) is 50.2 Å². The van der Waals surface area contributed by atoms with Gasteiger partial charge in [-0.15, -0.1) is 22.0 Å². The second-order valence-corrected chi connectivity index (χ2v) is 6.44. The lowest BCUT2D eigenvalue weighted by Gasteiger charge is -2.06. The molecule has 1 heterocycles. The largest absolute Gasteiger partial charge is 0.419 e. The Morgan fingerprint density at radius 1 is 1.00 bits per heavy atom. The van der Waals surface area contributed by atoms with Gasteiger partial charge in [0.1, 0.15) is 5.82 Å². The van der Waals surface area contributed by atoms with E-state index in [4.69, 9.17) is 4.42 Å². The van der Waals surface area contributed by atoms with E-state index in [9.17, 15) is 4.39 Å². The third-order valence-electron chi connectivity index (χ3n) is 3.21. The maximum atomic E-state index is 12.9. The Bertz CT molecular complexity index is 753. The van der Waals surface area contributed by atoms with E-state index < -0.39 is 0 Å². The summed E-state index contributed by atoms with van der Waals surface area (Å²) in [4.78, 5) is 0.962. The minimum absolute atomic E-state index is 0.00263. The molecule has 22 heavy (non-hydrogen) atoms. The Hall–Kier alpha value is -2.14. The average Bonchev–Trinajstić information content (AvgIpc) is 3.00. The summed E-state index contributed by atoms with van der Waals surface area (Å²) in [6.07, 6.45) is 0. The molecular weight excluding hydrogens is 299 g/mol. The predicted octanol–water partition coefficient (Wildman–Crippen LogP) is 5.04. The number of hydrogen-bond donors (Lipinski definition) is 0. The van der Waals surface area contributed by atoms with E-state index in [1.165, 1.54) is 17.7 Å². The fraction of sp³-hybridized carbons (Fsp3) is 0.176. The monoisotopic (exact) mass is 314 g/mol. The number of halogens is 1. The fourth-order valence-corrected chi connectivity index (χ4v) is 2.88. The van der Waals surface area contributed by atoms with Gasteiger partial charge in [0.25, 0.3) is 0 Å². The van der Waals surface area contributed by atoms with Crippen molar-refractivity contribution >= 4 is 11.8 Å². The van der Waals surface area contributed by atoms with Gasteiger partial charge in [0.05, 0.1) is 5.25 Å². The van der Waals surface area contributed by atoms with Crippen molar-refractivity contribution in [3.05, 3.63) is 65.8 Å². The Labute approximate surface area is 132 Å². The second kappa shape index (κ2) is 6.32. The van der Waals surface area contributed by atoms with Gasteiger partial charge in [-0.25, -0.2) is 4.39 Å². The van der Waals surface area contributed by atoms with Crippen LogP contribution in [0.3, 0.4) is 0 Å². The molecule has 5 heteroatoms. The van der Waals surface area contributed by atoms with Gasteiger partial charge in [-0.2, -0.15) is 0 Å². The highest BCUT2D eigenvalue weighted by molar-refractivity contribution is 7.99. The van der Waals surface area contributed by atoms with E-state index in [0.717, 1.165) is 10.5 Å². The van der Waals surface area contributed by atoms with E-state index in [2.05, 4.69) is 10.2 Å². The molecule has 1 unspecified atom stereocenters. The third-order valence-corrected chi connectivity index (χ3v) is 4.31. The highest BCUT2D eigenvalue weighted by atomic mass is 32.2. The molecule has 0 aliphatic carbocycles. The number of thioether (sulfide) groups is 1. The lowest BCUT2D eigenvalue weighted by atomic mass is 10.1. The molecule has 0 radical (unpaired) electrons. The summed E-state index contributed by atoms with van der Waals surface area (Å²) in [7, 11) is 0. The highest BCUT2D eigenvalue weighted by Crippen LogP contribution is 2.35. The van der Waals surface area contributed by atoms with Gasteiger partial charge in [0.15, 0.2) is 0 Å². The van der Waals surface area contributed by atoms with Crippen LogP contribution in [-0.2, 0) is 0 Å². The molecule has 0 fully saturated rings. The molecule has 0 saturated carbocycles. The highest BCUT2D eigenvalue weighted by Gasteiger charge is 2.16. The van der Waals surface area contributed by atoms with Crippen LogP contribution >= 0.6 is 11.8 Å². The normalized spacial score (nSPS) is 12.3. The standard InChI is InChI=1S/C17H15FN2OS/c1-11-3-5-13(6-4-11)17-20-19-16(21-17)12(2)22-15-9-7-14(18)8-10-15/h3-10,12H,1-2H3. The zero-order valence-corrected chi connectivity index (χ0v) is 13.1. The molecule has 1 aromatic heterocycles. The van der Waals surface area contributed by atoms with Crippen molar-refractivity contribution in [1.29, 1.82) is 0 Å². The van der Waals surface area contributed by atoms with E-state index in [1.54, 1.807) is 23.9 Å². The van der Waals surface area contributed by atoms with Crippen molar-refractivity contribution in [2.75, 3.05) is 0 Å². The summed E-state index contributed by atoms with van der Waals surface area (Å²) in [5, 5.41) is 8.22. The summed E-state index contributed by atoms with van der Waals surface area (Å²) in [6.45, 7) is 4.02. The molecule has 0 spiro atoms. The number of rotatable bonds is 4. The van der Waals surface area contributed by atoms with E-state index in [-0.39, 0.29) is 11.1 Å². The van der Waals surface area contributed by atoms with Gasteiger partial charge in [0.2, 0.25) is 11.8 Å². The zero-order valence-electron chi connectivity index (χ0n) is 12.3. The van der Waals surface area contributed by atoms with Gasteiger partial charge in [-0.1, -0.05) is 17.7 Å². The van der Waals surface area contributed by atoms with Crippen molar-refractivity contribution in [1.82, 2.24) is 10.2 Å². The first kappa shape index (κ1) is 14.8. The maximum Gasteiger partial charge on any atom is 0.247 e. The van der Waals surface area contributed by atoms with Crippen LogP contribution in [0.1, 0.15) is 23.6 Å². The van der Waals surface area contributed by atoms with Crippen molar-refractivity contribution in [3.63, 3.8) is 0 Å². The first-order chi connectivity index (χ1) is 10.6. The van der Waals surface area contributed by atoms with Gasteiger partial charge in [-0.3, -0.25) is 0 Å². The SMILES string of the molecule is Cc1ccc(-c2nnc(C(C)Sc3ccc(F)cc3)o2)cc1. The number of aryl methyl sites for hydroxylation is 1. The lowest BCUT2D eigenvalue weighted by molar-refractivity contribution is 0.509. The van der Waals surface area contributed by atoms with Gasteiger partial charge in [0, 0.05) is 10.5 Å². The van der Waals surface area contributed by atoms with Crippen molar-refractivity contribution in [2.24, 2.45) is 0 Å². The Balaban J connectivity index is 1.75. The predicted molar refractivity (Wildman–Crippen MR) is 85.1 cm³/mol. The van der Waals surface area contributed by atoms with Crippen LogP contribution in [0, 0.1) is 12.7 Å². The van der Waals surface area contributed by atoms with Crippen molar-refractivity contribution in [3.8, 4) is 11.5 Å². The smallest absolute Gasteiger partial charge is 0.247 e. The summed E-state index contributed by atoms with van der Waals surface area (Å²) in [5.41, 5.74) is 2.09. The molecule has 2 aromatic carbocycles.